The van der Waals surface area contributed by atoms with Gasteiger partial charge in [0.25, 0.3) is 0 Å². The van der Waals surface area contributed by atoms with Crippen molar-refractivity contribution in [3.63, 3.8) is 0 Å². The van der Waals surface area contributed by atoms with Crippen LogP contribution in [0.15, 0.2) is 35.0 Å². The normalized spacial score (nSPS) is 11.1. The molecule has 5 heteroatoms. The van der Waals surface area contributed by atoms with Gasteiger partial charge in [0.05, 0.1) is 6.20 Å². The highest BCUT2D eigenvalue weighted by atomic mass is 16.3. The maximum atomic E-state index is 5.68. The summed E-state index contributed by atoms with van der Waals surface area (Å²) in [4.78, 5) is 4.38. The van der Waals surface area contributed by atoms with Gasteiger partial charge in [0.2, 0.25) is 5.89 Å². The van der Waals surface area contributed by atoms with Gasteiger partial charge in [-0.25, -0.2) is 4.98 Å². The molecule has 0 radical (unpaired) electrons. The molecule has 0 bridgehead atoms. The SMILES string of the molecule is Cc1cnn(Cc2nc3ccc(N)cc3o2)c1. The summed E-state index contributed by atoms with van der Waals surface area (Å²) in [6.45, 7) is 2.53. The second kappa shape index (κ2) is 3.62. The smallest absolute Gasteiger partial charge is 0.217 e. The molecular weight excluding hydrogens is 216 g/mol. The monoisotopic (exact) mass is 228 g/mol. The third-order valence-electron chi connectivity index (χ3n) is 2.52. The fourth-order valence-electron chi connectivity index (χ4n) is 1.75. The highest BCUT2D eigenvalue weighted by Crippen LogP contribution is 2.18. The van der Waals surface area contributed by atoms with E-state index in [2.05, 4.69) is 10.1 Å². The third-order valence-corrected chi connectivity index (χ3v) is 2.52. The molecule has 1 aromatic carbocycles. The molecule has 0 amide bonds. The van der Waals surface area contributed by atoms with Gasteiger partial charge in [0.15, 0.2) is 5.58 Å². The van der Waals surface area contributed by atoms with E-state index in [4.69, 9.17) is 10.2 Å². The van der Waals surface area contributed by atoms with E-state index in [-0.39, 0.29) is 0 Å². The second-order valence-electron chi connectivity index (χ2n) is 4.05. The lowest BCUT2D eigenvalue weighted by Gasteiger charge is -1.94. The zero-order valence-electron chi connectivity index (χ0n) is 9.42. The van der Waals surface area contributed by atoms with Crippen LogP contribution in [0.4, 0.5) is 5.69 Å². The number of nitrogens with two attached hydrogens (primary N) is 1. The van der Waals surface area contributed by atoms with Gasteiger partial charge in [0.1, 0.15) is 12.1 Å². The first kappa shape index (κ1) is 9.89. The summed E-state index contributed by atoms with van der Waals surface area (Å²) in [5.74, 6) is 0.633. The van der Waals surface area contributed by atoms with Gasteiger partial charge in [0, 0.05) is 18.0 Å². The third kappa shape index (κ3) is 1.87. The molecule has 0 aliphatic carbocycles. The van der Waals surface area contributed by atoms with E-state index in [1.54, 1.807) is 16.9 Å². The summed E-state index contributed by atoms with van der Waals surface area (Å²) in [5, 5.41) is 4.19. The Morgan fingerprint density at radius 3 is 3.06 bits per heavy atom. The number of fused-ring (bicyclic) bond motifs is 1. The minimum absolute atomic E-state index is 0.530. The van der Waals surface area contributed by atoms with Crippen LogP contribution in [0.25, 0.3) is 11.1 Å². The molecule has 5 nitrogen and oxygen atoms in total. The van der Waals surface area contributed by atoms with E-state index in [0.29, 0.717) is 23.7 Å². The van der Waals surface area contributed by atoms with Crippen molar-refractivity contribution in [2.24, 2.45) is 0 Å². The lowest BCUT2D eigenvalue weighted by Crippen LogP contribution is -1.99. The quantitative estimate of drug-likeness (QED) is 0.681. The Kier molecular flexibility index (Phi) is 2.11. The molecule has 0 fully saturated rings. The number of aromatic nitrogens is 3. The first-order valence-electron chi connectivity index (χ1n) is 5.35. The van der Waals surface area contributed by atoms with E-state index in [0.717, 1.165) is 11.1 Å². The largest absolute Gasteiger partial charge is 0.439 e. The minimum Gasteiger partial charge on any atom is -0.439 e. The Hall–Kier alpha value is -2.30. The molecule has 2 aromatic heterocycles. The van der Waals surface area contributed by atoms with Gasteiger partial charge in [-0.05, 0) is 24.6 Å². The van der Waals surface area contributed by atoms with Crippen LogP contribution in [0.1, 0.15) is 11.5 Å². The zero-order chi connectivity index (χ0) is 11.8. The van der Waals surface area contributed by atoms with E-state index >= 15 is 0 Å². The molecule has 17 heavy (non-hydrogen) atoms. The van der Waals surface area contributed by atoms with Crippen molar-refractivity contribution < 1.29 is 4.42 Å². The van der Waals surface area contributed by atoms with Crippen LogP contribution in [0.3, 0.4) is 0 Å². The summed E-state index contributed by atoms with van der Waals surface area (Å²) in [6.07, 6.45) is 3.75. The van der Waals surface area contributed by atoms with Gasteiger partial charge in [-0.2, -0.15) is 5.10 Å². The van der Waals surface area contributed by atoms with E-state index < -0.39 is 0 Å². The van der Waals surface area contributed by atoms with Crippen LogP contribution < -0.4 is 5.73 Å². The number of rotatable bonds is 2. The predicted octanol–water partition coefficient (Wildman–Crippen LogP) is 1.96. The van der Waals surface area contributed by atoms with Crippen molar-refractivity contribution in [1.82, 2.24) is 14.8 Å². The van der Waals surface area contributed by atoms with Crippen molar-refractivity contribution in [3.05, 3.63) is 42.0 Å². The lowest BCUT2D eigenvalue weighted by atomic mass is 10.3. The number of hydrogen-bond acceptors (Lipinski definition) is 4. The number of benzene rings is 1. The van der Waals surface area contributed by atoms with Crippen LogP contribution in [-0.2, 0) is 6.54 Å². The Morgan fingerprint density at radius 1 is 1.41 bits per heavy atom. The fourth-order valence-corrected chi connectivity index (χ4v) is 1.75. The number of nitrogens with zero attached hydrogens (tertiary/aromatic N) is 3. The number of aryl methyl sites for hydroxylation is 1. The summed E-state index contributed by atoms with van der Waals surface area (Å²) < 4.78 is 7.41. The molecule has 0 aliphatic rings. The van der Waals surface area contributed by atoms with Gasteiger partial charge >= 0.3 is 0 Å². The highest BCUT2D eigenvalue weighted by Gasteiger charge is 2.06. The molecule has 0 unspecified atom stereocenters. The van der Waals surface area contributed by atoms with Crippen molar-refractivity contribution >= 4 is 16.8 Å². The number of oxazole rings is 1. The lowest BCUT2D eigenvalue weighted by molar-refractivity contribution is 0.491. The van der Waals surface area contributed by atoms with Crippen LogP contribution in [-0.4, -0.2) is 14.8 Å². The van der Waals surface area contributed by atoms with Crippen molar-refractivity contribution in [1.29, 1.82) is 0 Å². The van der Waals surface area contributed by atoms with Crippen molar-refractivity contribution in [3.8, 4) is 0 Å². The first-order chi connectivity index (χ1) is 8.20. The number of nitrogen functional groups attached to an aromatic ring is 1. The second-order valence-corrected chi connectivity index (χ2v) is 4.05. The van der Waals surface area contributed by atoms with Crippen molar-refractivity contribution in [2.75, 3.05) is 5.73 Å². The molecular formula is C12H12N4O. The molecule has 0 saturated carbocycles. The topological polar surface area (TPSA) is 69.9 Å². The molecule has 86 valence electrons. The zero-order valence-corrected chi connectivity index (χ0v) is 9.42. The molecule has 3 aromatic rings. The van der Waals surface area contributed by atoms with Gasteiger partial charge < -0.3 is 10.2 Å². The molecule has 0 spiro atoms. The summed E-state index contributed by atoms with van der Waals surface area (Å²) in [5.41, 5.74) is 9.01. The minimum atomic E-state index is 0.530. The highest BCUT2D eigenvalue weighted by molar-refractivity contribution is 5.76. The molecule has 2 N–H and O–H groups in total. The Balaban J connectivity index is 1.95. The van der Waals surface area contributed by atoms with Crippen molar-refractivity contribution in [2.45, 2.75) is 13.5 Å². The van der Waals surface area contributed by atoms with E-state index in [1.807, 2.05) is 25.3 Å². The van der Waals surface area contributed by atoms with Gasteiger partial charge in [-0.15, -0.1) is 0 Å². The summed E-state index contributed by atoms with van der Waals surface area (Å²) in [6, 6.07) is 5.44. The summed E-state index contributed by atoms with van der Waals surface area (Å²) in [7, 11) is 0. The first-order valence-corrected chi connectivity index (χ1v) is 5.35. The fraction of sp³-hybridized carbons (Fsp3) is 0.167. The average molecular weight is 228 g/mol. The van der Waals surface area contributed by atoms with Crippen LogP contribution >= 0.6 is 0 Å². The maximum Gasteiger partial charge on any atom is 0.217 e. The predicted molar refractivity (Wildman–Crippen MR) is 64.5 cm³/mol. The average Bonchev–Trinajstić information content (AvgIpc) is 2.84. The standard InChI is InChI=1S/C12H12N4O/c1-8-5-14-16(6-8)7-12-15-10-3-2-9(13)4-11(10)17-12/h2-6H,7,13H2,1H3. The van der Waals surface area contributed by atoms with Crippen LogP contribution in [0.5, 0.6) is 0 Å². The maximum absolute atomic E-state index is 5.68. The molecule has 0 aliphatic heterocycles. The number of hydrogen-bond donors (Lipinski definition) is 1. The molecule has 3 rings (SSSR count). The molecule has 0 saturated heterocycles. The van der Waals surface area contributed by atoms with E-state index in [1.165, 1.54) is 0 Å². The van der Waals surface area contributed by atoms with Crippen LogP contribution in [0.2, 0.25) is 0 Å². The van der Waals surface area contributed by atoms with Crippen LogP contribution in [0, 0.1) is 6.92 Å². The van der Waals surface area contributed by atoms with Gasteiger partial charge in [-0.1, -0.05) is 0 Å². The summed E-state index contributed by atoms with van der Waals surface area (Å²) >= 11 is 0. The molecule has 2 heterocycles. The van der Waals surface area contributed by atoms with Gasteiger partial charge in [-0.3, -0.25) is 4.68 Å². The molecule has 0 atom stereocenters. The Bertz CT molecular complexity index is 668. The Labute approximate surface area is 97.9 Å². The number of anilines is 1. The van der Waals surface area contributed by atoms with E-state index in [9.17, 15) is 0 Å². The Morgan fingerprint density at radius 2 is 2.29 bits per heavy atom.